The van der Waals surface area contributed by atoms with Crippen LogP contribution in [-0.4, -0.2) is 4.57 Å². The van der Waals surface area contributed by atoms with Crippen LogP contribution < -0.4 is 4.90 Å². The predicted octanol–water partition coefficient (Wildman–Crippen LogP) is 17.0. The highest BCUT2D eigenvalue weighted by molar-refractivity contribution is 6.12. The normalized spacial score (nSPS) is 30.8. The smallest absolute Gasteiger partial charge is 0.0542 e. The van der Waals surface area contributed by atoms with Crippen LogP contribution in [0.15, 0.2) is 182 Å². The minimum Gasteiger partial charge on any atom is -0.310 e. The lowest BCUT2D eigenvalue weighted by Gasteiger charge is -2.48. The maximum Gasteiger partial charge on any atom is 0.0542 e. The summed E-state index contributed by atoms with van der Waals surface area (Å²) in [6.45, 7) is 2.61. The molecule has 7 fully saturated rings. The fraction of sp³-hybridized carbons (Fsp3) is 0.284. The molecule has 9 aliphatic rings. The molecule has 69 heavy (non-hydrogen) atoms. The van der Waals surface area contributed by atoms with E-state index in [0.717, 1.165) is 35.5 Å². The number of fused-ring (bicyclic) bond motifs is 13. The van der Waals surface area contributed by atoms with Crippen molar-refractivity contribution in [1.82, 2.24) is 4.57 Å². The lowest BCUT2D eigenvalue weighted by molar-refractivity contribution is 0.130. The molecule has 3 spiro atoms. The van der Waals surface area contributed by atoms with Crippen LogP contribution in [0.5, 0.6) is 0 Å². The zero-order valence-corrected chi connectivity index (χ0v) is 39.4. The van der Waals surface area contributed by atoms with Crippen LogP contribution in [0.1, 0.15) is 80.5 Å². The van der Waals surface area contributed by atoms with Gasteiger partial charge in [-0.05, 0) is 227 Å². The molecule has 2 heteroatoms. The maximum absolute atomic E-state index is 2.65. The first-order chi connectivity index (χ1) is 34.0. The monoisotopic (exact) mass is 888 g/mol. The van der Waals surface area contributed by atoms with Gasteiger partial charge in [0.25, 0.3) is 0 Å². The molecule has 0 amide bonds. The molecule has 6 unspecified atom stereocenters. The van der Waals surface area contributed by atoms with Gasteiger partial charge in [0.2, 0.25) is 0 Å². The van der Waals surface area contributed by atoms with Crippen LogP contribution in [0.3, 0.4) is 0 Å². The summed E-state index contributed by atoms with van der Waals surface area (Å²) in [6.07, 6.45) is 11.3. The summed E-state index contributed by atoms with van der Waals surface area (Å²) in [6, 6.07) is 70.9. The van der Waals surface area contributed by atoms with Gasteiger partial charge in [-0.1, -0.05) is 116 Å². The van der Waals surface area contributed by atoms with Crippen molar-refractivity contribution < 1.29 is 0 Å². The summed E-state index contributed by atoms with van der Waals surface area (Å²) >= 11 is 0. The van der Waals surface area contributed by atoms with E-state index in [-0.39, 0.29) is 10.8 Å². The van der Waals surface area contributed by atoms with Crippen LogP contribution in [0.25, 0.3) is 60.9 Å². The fourth-order valence-corrected chi connectivity index (χ4v) is 18.6. The van der Waals surface area contributed by atoms with Crippen molar-refractivity contribution in [1.29, 1.82) is 0 Å². The third-order valence-electron chi connectivity index (χ3n) is 20.8. The highest BCUT2D eigenvalue weighted by Crippen LogP contribution is 2.78. The average molecular weight is 889 g/mol. The minimum atomic E-state index is 0.0979. The van der Waals surface area contributed by atoms with Gasteiger partial charge in [-0.3, -0.25) is 0 Å². The van der Waals surface area contributed by atoms with Crippen molar-refractivity contribution in [2.75, 3.05) is 4.90 Å². The highest BCUT2D eigenvalue weighted by Gasteiger charge is 2.70. The Bertz CT molecular complexity index is 3670. The van der Waals surface area contributed by atoms with E-state index in [1.54, 1.807) is 22.3 Å². The second-order valence-electron chi connectivity index (χ2n) is 23.5. The summed E-state index contributed by atoms with van der Waals surface area (Å²) in [4.78, 5) is 2.55. The van der Waals surface area contributed by atoms with Gasteiger partial charge in [0.15, 0.2) is 0 Å². The summed E-state index contributed by atoms with van der Waals surface area (Å²) in [5.41, 5.74) is 23.1. The van der Waals surface area contributed by atoms with Crippen molar-refractivity contribution in [2.45, 2.75) is 69.1 Å². The first-order valence-corrected chi connectivity index (χ1v) is 26.5. The molecule has 334 valence electrons. The maximum atomic E-state index is 2.65. The van der Waals surface area contributed by atoms with Gasteiger partial charge >= 0.3 is 0 Å². The van der Waals surface area contributed by atoms with Gasteiger partial charge in [0, 0.05) is 44.4 Å². The van der Waals surface area contributed by atoms with Crippen molar-refractivity contribution in [3.63, 3.8) is 0 Å². The second-order valence-corrected chi connectivity index (χ2v) is 23.5. The lowest BCUT2D eigenvalue weighted by Crippen LogP contribution is -2.44. The predicted molar refractivity (Wildman–Crippen MR) is 283 cm³/mol. The number of rotatable bonds is 5. The van der Waals surface area contributed by atoms with Gasteiger partial charge in [-0.15, -0.1) is 0 Å². The van der Waals surface area contributed by atoms with Crippen LogP contribution in [0.2, 0.25) is 0 Å². The van der Waals surface area contributed by atoms with E-state index in [0.29, 0.717) is 11.3 Å². The molecule has 7 saturated carbocycles. The number of hydrogen-bond acceptors (Lipinski definition) is 1. The van der Waals surface area contributed by atoms with Crippen LogP contribution in [0.4, 0.5) is 17.1 Å². The Morgan fingerprint density at radius 2 is 1.04 bits per heavy atom. The fourth-order valence-electron chi connectivity index (χ4n) is 18.6. The molecule has 8 aromatic carbocycles. The summed E-state index contributed by atoms with van der Waals surface area (Å²) in [7, 11) is 0. The Morgan fingerprint density at radius 1 is 0.435 bits per heavy atom. The third kappa shape index (κ3) is 4.71. The molecule has 6 bridgehead atoms. The van der Waals surface area contributed by atoms with Crippen LogP contribution in [0, 0.1) is 46.8 Å². The molecule has 0 N–H and O–H groups in total. The number of benzene rings is 8. The number of para-hydroxylation sites is 2. The minimum absolute atomic E-state index is 0.0979. The summed E-state index contributed by atoms with van der Waals surface area (Å²) in [5, 5.41) is 2.58. The molecular formula is C67H56N2. The van der Waals surface area contributed by atoms with Crippen molar-refractivity contribution in [3.8, 4) is 39.1 Å². The molecule has 10 atom stereocenters. The van der Waals surface area contributed by atoms with Gasteiger partial charge in [-0.2, -0.15) is 0 Å². The average Bonchev–Trinajstić information content (AvgIpc) is 3.85. The van der Waals surface area contributed by atoms with Crippen molar-refractivity contribution >= 4 is 38.9 Å². The largest absolute Gasteiger partial charge is 0.310 e. The van der Waals surface area contributed by atoms with Gasteiger partial charge in [0.1, 0.15) is 0 Å². The molecular weight excluding hydrogens is 833 g/mol. The van der Waals surface area contributed by atoms with Crippen LogP contribution in [-0.2, 0) is 10.8 Å². The summed E-state index contributed by atoms with van der Waals surface area (Å²) < 4.78 is 2.49. The number of aromatic nitrogens is 1. The number of nitrogens with zero attached hydrogens (tertiary/aromatic N) is 2. The molecule has 2 nitrogen and oxygen atoms in total. The molecule has 0 radical (unpaired) electrons. The molecule has 9 aliphatic carbocycles. The Labute approximate surface area is 405 Å². The number of hydrogen-bond donors (Lipinski definition) is 0. The van der Waals surface area contributed by atoms with E-state index in [9.17, 15) is 0 Å². The standard InChI is InChI=1S/C67H56N2/c1-40-37-65-38-46(65)34-47(39-65)66(40)58-18-10-8-16-52(58)54-24-20-43(33-61(54)66)42-21-26-63-56(32-42)57-35-50(23-27-64(57)69(63)49-14-6-3-7-15-49)68(48-12-4-2-5-13-48)51-22-25-55-53-17-9-11-19-59(53)67(62(55)36-51)45-29-41-28-44(31-45)60(67)30-41/h2-27,32-33,35-36,40-41,44-47,60H,28-31,34,37-39H2,1H3/t40-,41?,44?,45?,46-,47+,60?,65?,66+,67?/m0/s1. The molecule has 0 saturated heterocycles. The molecule has 9 aromatic rings. The Kier molecular flexibility index (Phi) is 7.29. The zero-order valence-electron chi connectivity index (χ0n) is 39.4. The highest BCUT2D eigenvalue weighted by atomic mass is 15.1. The lowest BCUT2D eigenvalue weighted by atomic mass is 9.54. The van der Waals surface area contributed by atoms with Crippen molar-refractivity contribution in [3.05, 3.63) is 204 Å². The van der Waals surface area contributed by atoms with Gasteiger partial charge in [0.05, 0.1) is 11.0 Å². The van der Waals surface area contributed by atoms with Gasteiger partial charge in [-0.25, -0.2) is 0 Å². The third-order valence-corrected chi connectivity index (χ3v) is 20.8. The first kappa shape index (κ1) is 38.2. The topological polar surface area (TPSA) is 8.17 Å². The van der Waals surface area contributed by atoms with Crippen molar-refractivity contribution in [2.24, 2.45) is 46.8 Å². The Morgan fingerprint density at radius 3 is 1.84 bits per heavy atom. The van der Waals surface area contributed by atoms with E-state index < -0.39 is 0 Å². The van der Waals surface area contributed by atoms with Gasteiger partial charge < -0.3 is 9.47 Å². The first-order valence-electron chi connectivity index (χ1n) is 26.5. The van der Waals surface area contributed by atoms with E-state index >= 15 is 0 Å². The molecule has 0 aliphatic heterocycles. The second kappa shape index (κ2) is 13.2. The quantitative estimate of drug-likeness (QED) is 0.167. The summed E-state index contributed by atoms with van der Waals surface area (Å²) in [5.74, 6) is 5.57. The SMILES string of the molecule is C[C@H]1CC23C[C@@H]2C[C@H](C3)[C@@]12c1ccccc1-c1ccc(-c3ccc4c(c3)c3cc(N(c5ccccc5)c5ccc6c(c5)C5(c7ccccc7-6)C6CC7CC(C6)C5C7)ccc3n4-c3ccccc3)cc12. The molecule has 1 aromatic heterocycles. The Hall–Kier alpha value is -6.64. The van der Waals surface area contributed by atoms with E-state index in [1.165, 1.54) is 129 Å². The van der Waals surface area contributed by atoms with E-state index in [2.05, 4.69) is 198 Å². The molecule has 18 rings (SSSR count). The van der Waals surface area contributed by atoms with Crippen LogP contribution >= 0.6 is 0 Å². The van der Waals surface area contributed by atoms with E-state index in [1.807, 2.05) is 0 Å². The number of anilines is 3. The molecule has 1 heterocycles. The zero-order chi connectivity index (χ0) is 45.0. The Balaban J connectivity index is 0.849. The van der Waals surface area contributed by atoms with E-state index in [4.69, 9.17) is 0 Å².